The minimum absolute atomic E-state index is 0.0918. The Balaban J connectivity index is 2.02. The van der Waals surface area contributed by atoms with Gasteiger partial charge in [0.25, 0.3) is 0 Å². The van der Waals surface area contributed by atoms with Crippen molar-refractivity contribution in [1.82, 2.24) is 0 Å². The molecule has 0 amide bonds. The molecule has 114 valence electrons. The van der Waals surface area contributed by atoms with E-state index in [0.29, 0.717) is 6.61 Å². The summed E-state index contributed by atoms with van der Waals surface area (Å²) >= 11 is 0. The smallest absolute Gasteiger partial charge is 0.324 e. The standard InChI is InChI=1S/C15H31O3P/c1-2-3-4-5-6-7-11-14-18-19(16,17)15-12-9-8-10-13-15/h15H,2-14H2,1H3,(H,16,17). The van der Waals surface area contributed by atoms with Crippen LogP contribution in [0.5, 0.6) is 0 Å². The van der Waals surface area contributed by atoms with E-state index in [9.17, 15) is 9.46 Å². The zero-order chi connectivity index (χ0) is 14.0. The topological polar surface area (TPSA) is 46.5 Å². The molecule has 0 aliphatic heterocycles. The van der Waals surface area contributed by atoms with Crippen LogP contribution >= 0.6 is 7.60 Å². The molecule has 1 saturated carbocycles. The second-order valence-corrected chi connectivity index (χ2v) is 7.93. The second-order valence-electron chi connectivity index (χ2n) is 5.81. The highest BCUT2D eigenvalue weighted by Crippen LogP contribution is 2.52. The summed E-state index contributed by atoms with van der Waals surface area (Å²) in [5.74, 6) is 0. The first kappa shape index (κ1) is 17.2. The van der Waals surface area contributed by atoms with Crippen LogP contribution in [0.15, 0.2) is 0 Å². The van der Waals surface area contributed by atoms with Gasteiger partial charge in [0.1, 0.15) is 0 Å². The molecular weight excluding hydrogens is 259 g/mol. The van der Waals surface area contributed by atoms with Crippen LogP contribution in [0.2, 0.25) is 0 Å². The van der Waals surface area contributed by atoms with Crippen LogP contribution in [-0.4, -0.2) is 17.2 Å². The van der Waals surface area contributed by atoms with Gasteiger partial charge in [0.2, 0.25) is 0 Å². The maximum atomic E-state index is 12.1. The van der Waals surface area contributed by atoms with E-state index in [0.717, 1.165) is 38.5 Å². The number of rotatable bonds is 10. The van der Waals surface area contributed by atoms with Gasteiger partial charge in [-0.05, 0) is 19.3 Å². The molecule has 0 spiro atoms. The van der Waals surface area contributed by atoms with Crippen molar-refractivity contribution in [3.63, 3.8) is 0 Å². The summed E-state index contributed by atoms with van der Waals surface area (Å²) in [6.07, 6.45) is 13.6. The SMILES string of the molecule is CCCCCCCCCOP(=O)(O)C1CCCCC1. The van der Waals surface area contributed by atoms with Crippen LogP contribution in [0.1, 0.15) is 84.0 Å². The fourth-order valence-electron chi connectivity index (χ4n) is 2.77. The van der Waals surface area contributed by atoms with Gasteiger partial charge in [-0.25, -0.2) is 0 Å². The highest BCUT2D eigenvalue weighted by molar-refractivity contribution is 7.53. The second kappa shape index (κ2) is 9.96. The minimum Gasteiger partial charge on any atom is -0.324 e. The first-order valence-electron chi connectivity index (χ1n) is 8.14. The van der Waals surface area contributed by atoms with Gasteiger partial charge in [-0.2, -0.15) is 0 Å². The van der Waals surface area contributed by atoms with Crippen LogP contribution in [0, 0.1) is 0 Å². The van der Waals surface area contributed by atoms with Gasteiger partial charge in [0.05, 0.1) is 12.3 Å². The number of hydrogen-bond acceptors (Lipinski definition) is 2. The van der Waals surface area contributed by atoms with E-state index < -0.39 is 7.60 Å². The van der Waals surface area contributed by atoms with Crippen molar-refractivity contribution in [3.8, 4) is 0 Å². The Morgan fingerprint density at radius 3 is 2.21 bits per heavy atom. The molecule has 1 unspecified atom stereocenters. The average molecular weight is 290 g/mol. The lowest BCUT2D eigenvalue weighted by molar-refractivity contribution is 0.237. The number of unbranched alkanes of at least 4 members (excludes halogenated alkanes) is 6. The monoisotopic (exact) mass is 290 g/mol. The van der Waals surface area contributed by atoms with E-state index >= 15 is 0 Å². The zero-order valence-corrected chi connectivity index (χ0v) is 13.4. The molecule has 1 rings (SSSR count). The lowest BCUT2D eigenvalue weighted by Crippen LogP contribution is -2.14. The van der Waals surface area contributed by atoms with E-state index in [1.54, 1.807) is 0 Å². The molecule has 0 bridgehead atoms. The van der Waals surface area contributed by atoms with E-state index in [2.05, 4.69) is 6.92 Å². The van der Waals surface area contributed by atoms with Gasteiger partial charge < -0.3 is 9.42 Å². The van der Waals surface area contributed by atoms with Gasteiger partial charge in [0.15, 0.2) is 0 Å². The van der Waals surface area contributed by atoms with Crippen molar-refractivity contribution < 1.29 is 14.0 Å². The summed E-state index contributed by atoms with van der Waals surface area (Å²) < 4.78 is 17.4. The highest BCUT2D eigenvalue weighted by Gasteiger charge is 2.32. The molecule has 0 aromatic rings. The van der Waals surface area contributed by atoms with Gasteiger partial charge >= 0.3 is 7.60 Å². The first-order chi connectivity index (χ1) is 9.17. The van der Waals surface area contributed by atoms with Gasteiger partial charge in [-0.15, -0.1) is 0 Å². The van der Waals surface area contributed by atoms with Crippen molar-refractivity contribution in [3.05, 3.63) is 0 Å². The van der Waals surface area contributed by atoms with Crippen molar-refractivity contribution in [2.45, 2.75) is 89.6 Å². The zero-order valence-electron chi connectivity index (χ0n) is 12.5. The van der Waals surface area contributed by atoms with E-state index in [1.807, 2.05) is 0 Å². The van der Waals surface area contributed by atoms with Gasteiger partial charge in [0, 0.05) is 0 Å². The van der Waals surface area contributed by atoms with Crippen molar-refractivity contribution in [1.29, 1.82) is 0 Å². The molecule has 1 aliphatic carbocycles. The normalized spacial score (nSPS) is 20.3. The fraction of sp³-hybridized carbons (Fsp3) is 1.00. The van der Waals surface area contributed by atoms with Crippen molar-refractivity contribution in [2.75, 3.05) is 6.61 Å². The Morgan fingerprint density at radius 2 is 1.58 bits per heavy atom. The molecule has 0 aromatic heterocycles. The molecule has 19 heavy (non-hydrogen) atoms. The molecule has 4 heteroatoms. The summed E-state index contributed by atoms with van der Waals surface area (Å²) in [5.41, 5.74) is -0.0918. The highest BCUT2D eigenvalue weighted by atomic mass is 31.2. The van der Waals surface area contributed by atoms with Gasteiger partial charge in [-0.1, -0.05) is 64.7 Å². The van der Waals surface area contributed by atoms with Crippen LogP contribution < -0.4 is 0 Å². The maximum absolute atomic E-state index is 12.1. The third-order valence-electron chi connectivity index (χ3n) is 4.06. The maximum Gasteiger partial charge on any atom is 0.331 e. The minimum atomic E-state index is -3.33. The Morgan fingerprint density at radius 1 is 1.00 bits per heavy atom. The Labute approximate surface area is 118 Å². The summed E-state index contributed by atoms with van der Waals surface area (Å²) in [6, 6.07) is 0. The molecule has 0 saturated heterocycles. The van der Waals surface area contributed by atoms with E-state index in [1.165, 1.54) is 38.5 Å². The average Bonchev–Trinajstić information content (AvgIpc) is 2.43. The van der Waals surface area contributed by atoms with E-state index in [-0.39, 0.29) is 5.66 Å². The number of hydrogen-bond donors (Lipinski definition) is 1. The van der Waals surface area contributed by atoms with Crippen molar-refractivity contribution in [2.24, 2.45) is 0 Å². The predicted molar refractivity (Wildman–Crippen MR) is 80.6 cm³/mol. The van der Waals surface area contributed by atoms with Crippen LogP contribution in [0.25, 0.3) is 0 Å². The summed E-state index contributed by atoms with van der Waals surface area (Å²) in [6.45, 7) is 2.68. The summed E-state index contributed by atoms with van der Waals surface area (Å²) in [4.78, 5) is 9.95. The molecule has 1 fully saturated rings. The molecule has 1 atom stereocenters. The fourth-order valence-corrected chi connectivity index (χ4v) is 4.39. The molecule has 0 heterocycles. The van der Waals surface area contributed by atoms with Crippen LogP contribution in [0.4, 0.5) is 0 Å². The third kappa shape index (κ3) is 7.48. The summed E-state index contributed by atoms with van der Waals surface area (Å²) in [7, 11) is -3.33. The Bertz CT molecular complexity index is 262. The molecule has 3 nitrogen and oxygen atoms in total. The molecule has 1 N–H and O–H groups in total. The van der Waals surface area contributed by atoms with Crippen molar-refractivity contribution >= 4 is 7.60 Å². The van der Waals surface area contributed by atoms with Crippen LogP contribution in [-0.2, 0) is 9.09 Å². The Hall–Kier alpha value is 0.150. The molecule has 0 radical (unpaired) electrons. The lowest BCUT2D eigenvalue weighted by Gasteiger charge is -2.25. The first-order valence-corrected chi connectivity index (χ1v) is 9.78. The Kier molecular flexibility index (Phi) is 9.02. The molecular formula is C15H31O3P. The molecule has 0 aromatic carbocycles. The third-order valence-corrected chi connectivity index (χ3v) is 6.05. The quantitative estimate of drug-likeness (QED) is 0.440. The largest absolute Gasteiger partial charge is 0.331 e. The molecule has 1 aliphatic rings. The van der Waals surface area contributed by atoms with Gasteiger partial charge in [-0.3, -0.25) is 4.57 Å². The van der Waals surface area contributed by atoms with Crippen LogP contribution in [0.3, 0.4) is 0 Å². The summed E-state index contributed by atoms with van der Waals surface area (Å²) in [5, 5.41) is 0. The van der Waals surface area contributed by atoms with E-state index in [4.69, 9.17) is 4.52 Å². The predicted octanol–water partition coefficient (Wildman–Crippen LogP) is 5.27. The lowest BCUT2D eigenvalue weighted by atomic mass is 10.0.